The Morgan fingerprint density at radius 1 is 1.21 bits per heavy atom. The number of hydrogen-bond donors (Lipinski definition) is 2. The van der Waals surface area contributed by atoms with Crippen LogP contribution in [-0.4, -0.2) is 13.1 Å². The van der Waals surface area contributed by atoms with Crippen LogP contribution in [-0.2, 0) is 13.0 Å². The van der Waals surface area contributed by atoms with Gasteiger partial charge < -0.3 is 15.1 Å². The summed E-state index contributed by atoms with van der Waals surface area (Å²) in [5, 5.41) is 7.13. The van der Waals surface area contributed by atoms with E-state index in [1.54, 1.807) is 6.26 Å². The Bertz CT molecular complexity index is 507. The molecule has 2 aromatic rings. The molecule has 19 heavy (non-hydrogen) atoms. The van der Waals surface area contributed by atoms with Gasteiger partial charge >= 0.3 is 0 Å². The van der Waals surface area contributed by atoms with Crippen LogP contribution in [0.4, 0.5) is 0 Å². The summed E-state index contributed by atoms with van der Waals surface area (Å²) >= 11 is 0. The maximum atomic E-state index is 5.36. The van der Waals surface area contributed by atoms with E-state index < -0.39 is 0 Å². The number of rotatable bonds is 4. The van der Waals surface area contributed by atoms with Gasteiger partial charge in [0, 0.05) is 25.6 Å². The minimum absolute atomic E-state index is 0.446. The molecule has 2 N–H and O–H groups in total. The van der Waals surface area contributed by atoms with Crippen molar-refractivity contribution in [2.24, 2.45) is 0 Å². The van der Waals surface area contributed by atoms with E-state index in [1.165, 1.54) is 11.1 Å². The molecule has 1 aromatic heterocycles. The van der Waals surface area contributed by atoms with Gasteiger partial charge in [0.05, 0.1) is 6.26 Å². The van der Waals surface area contributed by atoms with Crippen molar-refractivity contribution >= 4 is 0 Å². The lowest BCUT2D eigenvalue weighted by atomic mass is 9.99. The Kier molecular flexibility index (Phi) is 3.96. The summed E-state index contributed by atoms with van der Waals surface area (Å²) in [6.45, 7) is 2.99. The first-order valence-corrected chi connectivity index (χ1v) is 6.98. The van der Waals surface area contributed by atoms with Crippen LogP contribution in [0.2, 0.25) is 0 Å². The molecule has 1 aliphatic rings. The molecule has 0 saturated heterocycles. The van der Waals surface area contributed by atoms with Crippen LogP contribution < -0.4 is 10.6 Å². The summed E-state index contributed by atoms with van der Waals surface area (Å²) in [6.07, 6.45) is 3.81. The van der Waals surface area contributed by atoms with E-state index in [2.05, 4.69) is 34.9 Å². The van der Waals surface area contributed by atoms with Gasteiger partial charge in [-0.2, -0.15) is 0 Å². The van der Waals surface area contributed by atoms with Crippen molar-refractivity contribution in [3.8, 4) is 0 Å². The third-order valence-corrected chi connectivity index (χ3v) is 3.70. The SMILES string of the molecule is c1coc(CCNC2CCNCc3ccccc32)c1. The molecule has 1 atom stereocenters. The highest BCUT2D eigenvalue weighted by Gasteiger charge is 2.17. The molecule has 3 heteroatoms. The molecule has 3 nitrogen and oxygen atoms in total. The zero-order valence-corrected chi connectivity index (χ0v) is 11.1. The van der Waals surface area contributed by atoms with Gasteiger partial charge in [-0.05, 0) is 36.2 Å². The van der Waals surface area contributed by atoms with Crippen molar-refractivity contribution in [2.45, 2.75) is 25.4 Å². The lowest BCUT2D eigenvalue weighted by molar-refractivity contribution is 0.464. The smallest absolute Gasteiger partial charge is 0.105 e. The van der Waals surface area contributed by atoms with E-state index in [1.807, 2.05) is 12.1 Å². The van der Waals surface area contributed by atoms with Crippen LogP contribution in [0.1, 0.15) is 29.3 Å². The van der Waals surface area contributed by atoms with Gasteiger partial charge in [0.1, 0.15) is 5.76 Å². The van der Waals surface area contributed by atoms with Gasteiger partial charge in [0.25, 0.3) is 0 Å². The molecular formula is C16H20N2O. The molecule has 1 aromatic carbocycles. The van der Waals surface area contributed by atoms with E-state index in [-0.39, 0.29) is 0 Å². The predicted octanol–water partition coefficient (Wildman–Crippen LogP) is 2.65. The summed E-state index contributed by atoms with van der Waals surface area (Å²) < 4.78 is 5.36. The van der Waals surface area contributed by atoms with Crippen LogP contribution in [0.15, 0.2) is 47.1 Å². The molecule has 0 radical (unpaired) electrons. The zero-order valence-electron chi connectivity index (χ0n) is 11.1. The van der Waals surface area contributed by atoms with Gasteiger partial charge in [-0.1, -0.05) is 24.3 Å². The number of fused-ring (bicyclic) bond motifs is 1. The number of benzene rings is 1. The topological polar surface area (TPSA) is 37.2 Å². The summed E-state index contributed by atoms with van der Waals surface area (Å²) in [5.41, 5.74) is 2.85. The average molecular weight is 256 g/mol. The first-order valence-electron chi connectivity index (χ1n) is 6.98. The number of nitrogens with one attached hydrogen (secondary N) is 2. The van der Waals surface area contributed by atoms with E-state index in [0.29, 0.717) is 6.04 Å². The molecule has 1 aliphatic heterocycles. The second-order valence-electron chi connectivity index (χ2n) is 5.00. The molecule has 0 spiro atoms. The van der Waals surface area contributed by atoms with E-state index in [0.717, 1.165) is 38.2 Å². The Balaban J connectivity index is 1.63. The van der Waals surface area contributed by atoms with Gasteiger partial charge in [-0.15, -0.1) is 0 Å². The second-order valence-corrected chi connectivity index (χ2v) is 5.00. The molecule has 0 aliphatic carbocycles. The van der Waals surface area contributed by atoms with Crippen molar-refractivity contribution < 1.29 is 4.42 Å². The highest BCUT2D eigenvalue weighted by molar-refractivity contribution is 5.31. The van der Waals surface area contributed by atoms with E-state index in [4.69, 9.17) is 4.42 Å². The highest BCUT2D eigenvalue weighted by atomic mass is 16.3. The van der Waals surface area contributed by atoms with Crippen molar-refractivity contribution in [1.29, 1.82) is 0 Å². The molecule has 3 rings (SSSR count). The molecule has 1 unspecified atom stereocenters. The van der Waals surface area contributed by atoms with E-state index >= 15 is 0 Å². The monoisotopic (exact) mass is 256 g/mol. The minimum atomic E-state index is 0.446. The fourth-order valence-corrected chi connectivity index (χ4v) is 2.70. The largest absolute Gasteiger partial charge is 0.469 e. The summed E-state index contributed by atoms with van der Waals surface area (Å²) in [6, 6.07) is 13.1. The average Bonchev–Trinajstić information content (AvgIpc) is 2.87. The summed E-state index contributed by atoms with van der Waals surface area (Å²) in [7, 11) is 0. The molecule has 0 saturated carbocycles. The predicted molar refractivity (Wildman–Crippen MR) is 75.9 cm³/mol. The molecular weight excluding hydrogens is 236 g/mol. The first-order chi connectivity index (χ1) is 9.43. The maximum absolute atomic E-state index is 5.36. The quantitative estimate of drug-likeness (QED) is 0.883. The van der Waals surface area contributed by atoms with Gasteiger partial charge in [-0.25, -0.2) is 0 Å². The van der Waals surface area contributed by atoms with Crippen molar-refractivity contribution in [3.63, 3.8) is 0 Å². The Morgan fingerprint density at radius 3 is 3.05 bits per heavy atom. The van der Waals surface area contributed by atoms with Crippen molar-refractivity contribution in [1.82, 2.24) is 10.6 Å². The van der Waals surface area contributed by atoms with Crippen LogP contribution in [0.3, 0.4) is 0 Å². The molecule has 0 fully saturated rings. The molecule has 100 valence electrons. The van der Waals surface area contributed by atoms with Crippen LogP contribution >= 0.6 is 0 Å². The first kappa shape index (κ1) is 12.5. The third kappa shape index (κ3) is 3.06. The number of hydrogen-bond acceptors (Lipinski definition) is 3. The second kappa shape index (κ2) is 6.04. The molecule has 0 bridgehead atoms. The summed E-state index contributed by atoms with van der Waals surface area (Å²) in [5.74, 6) is 1.05. The van der Waals surface area contributed by atoms with E-state index in [9.17, 15) is 0 Å². The summed E-state index contributed by atoms with van der Waals surface area (Å²) in [4.78, 5) is 0. The van der Waals surface area contributed by atoms with Gasteiger partial charge in [-0.3, -0.25) is 0 Å². The third-order valence-electron chi connectivity index (χ3n) is 3.70. The Hall–Kier alpha value is -1.58. The van der Waals surface area contributed by atoms with Crippen LogP contribution in [0.5, 0.6) is 0 Å². The maximum Gasteiger partial charge on any atom is 0.105 e. The van der Waals surface area contributed by atoms with Gasteiger partial charge in [0.2, 0.25) is 0 Å². The highest BCUT2D eigenvalue weighted by Crippen LogP contribution is 2.23. The minimum Gasteiger partial charge on any atom is -0.469 e. The molecule has 2 heterocycles. The van der Waals surface area contributed by atoms with Gasteiger partial charge in [0.15, 0.2) is 0 Å². The van der Waals surface area contributed by atoms with Crippen LogP contribution in [0, 0.1) is 0 Å². The number of furan rings is 1. The standard InChI is InChI=1S/C16H20N2O/c1-2-6-15-13(4-1)12-17-9-8-16(15)18-10-7-14-5-3-11-19-14/h1-6,11,16-18H,7-10,12H2. The lowest BCUT2D eigenvalue weighted by Gasteiger charge is -2.18. The van der Waals surface area contributed by atoms with Crippen molar-refractivity contribution in [2.75, 3.05) is 13.1 Å². The van der Waals surface area contributed by atoms with Crippen molar-refractivity contribution in [3.05, 3.63) is 59.5 Å². The zero-order chi connectivity index (χ0) is 12.9. The Labute approximate surface area is 114 Å². The fourth-order valence-electron chi connectivity index (χ4n) is 2.70. The Morgan fingerprint density at radius 2 is 2.16 bits per heavy atom. The molecule has 0 amide bonds. The van der Waals surface area contributed by atoms with Crippen LogP contribution in [0.25, 0.3) is 0 Å². The normalized spacial score (nSPS) is 18.8. The lowest BCUT2D eigenvalue weighted by Crippen LogP contribution is -2.25. The fraction of sp³-hybridized carbons (Fsp3) is 0.375.